The summed E-state index contributed by atoms with van der Waals surface area (Å²) in [5, 5.41) is 9.49. The van der Waals surface area contributed by atoms with Crippen LogP contribution in [-0.4, -0.2) is 29.1 Å². The summed E-state index contributed by atoms with van der Waals surface area (Å²) in [6.45, 7) is 5.91. The third-order valence-corrected chi connectivity index (χ3v) is 5.74. The molecule has 4 heteroatoms. The highest BCUT2D eigenvalue weighted by Crippen LogP contribution is 2.34. The fourth-order valence-corrected chi connectivity index (χ4v) is 4.21. The Hall–Kier alpha value is -1.65. The van der Waals surface area contributed by atoms with E-state index < -0.39 is 5.97 Å². The van der Waals surface area contributed by atoms with Crippen molar-refractivity contribution in [3.8, 4) is 0 Å². The third kappa shape index (κ3) is 4.36. The van der Waals surface area contributed by atoms with E-state index in [1.165, 1.54) is 16.7 Å². The minimum absolute atomic E-state index is 0.0795. The zero-order valence-corrected chi connectivity index (χ0v) is 16.9. The third-order valence-electron chi connectivity index (χ3n) is 5.25. The average molecular weight is 416 g/mol. The lowest BCUT2D eigenvalue weighted by Gasteiger charge is -2.37. The van der Waals surface area contributed by atoms with Crippen LogP contribution in [0, 0.1) is 5.92 Å². The molecule has 0 aromatic heterocycles. The molecule has 0 bridgehead atoms. The molecule has 3 nitrogen and oxygen atoms in total. The van der Waals surface area contributed by atoms with E-state index in [1.54, 1.807) is 0 Å². The maximum absolute atomic E-state index is 11.5. The van der Waals surface area contributed by atoms with Crippen LogP contribution >= 0.6 is 15.9 Å². The Morgan fingerprint density at radius 3 is 2.42 bits per heavy atom. The Morgan fingerprint density at radius 2 is 1.81 bits per heavy atom. The molecule has 1 heterocycles. The summed E-state index contributed by atoms with van der Waals surface area (Å²) in [4.78, 5) is 13.9. The highest BCUT2D eigenvalue weighted by molar-refractivity contribution is 9.10. The van der Waals surface area contributed by atoms with E-state index in [4.69, 9.17) is 0 Å². The second-order valence-corrected chi connectivity index (χ2v) is 8.37. The molecule has 2 atom stereocenters. The molecule has 26 heavy (non-hydrogen) atoms. The molecule has 1 aliphatic rings. The average Bonchev–Trinajstić information content (AvgIpc) is 2.63. The quantitative estimate of drug-likeness (QED) is 0.704. The SMILES string of the molecule is CC(C)c1ccc(C(c2cccc(Br)c2)N2CCCC(C(=O)O)C2)cc1. The van der Waals surface area contributed by atoms with Crippen molar-refractivity contribution in [1.82, 2.24) is 4.90 Å². The summed E-state index contributed by atoms with van der Waals surface area (Å²) in [6, 6.07) is 17.2. The number of hydrogen-bond donors (Lipinski definition) is 1. The second kappa shape index (κ2) is 8.36. The maximum atomic E-state index is 11.5. The van der Waals surface area contributed by atoms with Gasteiger partial charge in [-0.05, 0) is 54.1 Å². The van der Waals surface area contributed by atoms with Crippen molar-refractivity contribution < 1.29 is 9.90 Å². The molecule has 0 saturated carbocycles. The Morgan fingerprint density at radius 1 is 1.12 bits per heavy atom. The van der Waals surface area contributed by atoms with E-state index in [-0.39, 0.29) is 12.0 Å². The first-order valence-electron chi connectivity index (χ1n) is 9.28. The molecule has 1 saturated heterocycles. The highest BCUT2D eigenvalue weighted by atomic mass is 79.9. The molecule has 1 fully saturated rings. The van der Waals surface area contributed by atoms with Crippen molar-refractivity contribution in [2.75, 3.05) is 13.1 Å². The van der Waals surface area contributed by atoms with Crippen LogP contribution in [0.2, 0.25) is 0 Å². The Balaban J connectivity index is 1.97. The monoisotopic (exact) mass is 415 g/mol. The van der Waals surface area contributed by atoms with Crippen LogP contribution in [0.25, 0.3) is 0 Å². The number of likely N-dealkylation sites (tertiary alicyclic amines) is 1. The van der Waals surface area contributed by atoms with Gasteiger partial charge in [-0.2, -0.15) is 0 Å². The van der Waals surface area contributed by atoms with Gasteiger partial charge >= 0.3 is 5.97 Å². The minimum atomic E-state index is -0.683. The lowest BCUT2D eigenvalue weighted by Crippen LogP contribution is -2.41. The van der Waals surface area contributed by atoms with Gasteiger partial charge in [-0.1, -0.05) is 66.2 Å². The van der Waals surface area contributed by atoms with E-state index in [0.29, 0.717) is 12.5 Å². The zero-order valence-electron chi connectivity index (χ0n) is 15.4. The van der Waals surface area contributed by atoms with Crippen molar-refractivity contribution in [3.05, 3.63) is 69.7 Å². The van der Waals surface area contributed by atoms with Crippen LogP contribution in [0.15, 0.2) is 53.0 Å². The van der Waals surface area contributed by atoms with Crippen LogP contribution in [0.1, 0.15) is 55.3 Å². The van der Waals surface area contributed by atoms with Gasteiger partial charge in [0.05, 0.1) is 12.0 Å². The molecular formula is C22H26BrNO2. The standard InChI is InChI=1S/C22H26BrNO2/c1-15(2)16-8-10-17(11-9-16)21(18-5-3-7-20(23)13-18)24-12-4-6-19(14-24)22(25)26/h3,5,7-11,13,15,19,21H,4,6,12,14H2,1-2H3,(H,25,26). The van der Waals surface area contributed by atoms with Crippen LogP contribution in [0.4, 0.5) is 0 Å². The number of halogens is 1. The van der Waals surface area contributed by atoms with Crippen LogP contribution in [-0.2, 0) is 4.79 Å². The van der Waals surface area contributed by atoms with E-state index in [2.05, 4.69) is 71.1 Å². The first-order valence-corrected chi connectivity index (χ1v) is 10.1. The fraction of sp³-hybridized carbons (Fsp3) is 0.409. The zero-order chi connectivity index (χ0) is 18.7. The lowest BCUT2D eigenvalue weighted by atomic mass is 9.90. The summed E-state index contributed by atoms with van der Waals surface area (Å²) in [6.07, 6.45) is 1.69. The largest absolute Gasteiger partial charge is 0.481 e. The lowest BCUT2D eigenvalue weighted by molar-refractivity contribution is -0.143. The molecule has 1 aliphatic heterocycles. The summed E-state index contributed by atoms with van der Waals surface area (Å²) in [5.41, 5.74) is 3.74. The van der Waals surface area contributed by atoms with E-state index >= 15 is 0 Å². The summed E-state index contributed by atoms with van der Waals surface area (Å²) >= 11 is 3.58. The first-order chi connectivity index (χ1) is 12.5. The van der Waals surface area contributed by atoms with Crippen LogP contribution < -0.4 is 0 Å². The Kier molecular flexibility index (Phi) is 6.15. The molecule has 3 rings (SSSR count). The number of carbonyl (C=O) groups is 1. The number of carboxylic acids is 1. The topological polar surface area (TPSA) is 40.5 Å². The van der Waals surface area contributed by atoms with Crippen molar-refractivity contribution in [2.24, 2.45) is 5.92 Å². The molecule has 0 amide bonds. The summed E-state index contributed by atoms with van der Waals surface area (Å²) in [7, 11) is 0. The Labute approximate surface area is 164 Å². The van der Waals surface area contributed by atoms with Crippen molar-refractivity contribution in [2.45, 2.75) is 38.6 Å². The number of nitrogens with zero attached hydrogens (tertiary/aromatic N) is 1. The van der Waals surface area contributed by atoms with Gasteiger partial charge in [0, 0.05) is 11.0 Å². The van der Waals surface area contributed by atoms with Gasteiger partial charge in [0.2, 0.25) is 0 Å². The van der Waals surface area contributed by atoms with Gasteiger partial charge in [-0.15, -0.1) is 0 Å². The molecule has 138 valence electrons. The molecule has 0 aliphatic carbocycles. The van der Waals surface area contributed by atoms with Gasteiger partial charge in [0.25, 0.3) is 0 Å². The van der Waals surface area contributed by atoms with Gasteiger partial charge in [-0.25, -0.2) is 0 Å². The normalized spacial score (nSPS) is 19.5. The Bertz CT molecular complexity index is 757. The van der Waals surface area contributed by atoms with Crippen molar-refractivity contribution >= 4 is 21.9 Å². The van der Waals surface area contributed by atoms with Crippen molar-refractivity contribution in [3.63, 3.8) is 0 Å². The molecular weight excluding hydrogens is 390 g/mol. The number of hydrogen-bond acceptors (Lipinski definition) is 2. The van der Waals surface area contributed by atoms with Gasteiger partial charge in [0.15, 0.2) is 0 Å². The van der Waals surface area contributed by atoms with Crippen LogP contribution in [0.3, 0.4) is 0 Å². The predicted molar refractivity (Wildman–Crippen MR) is 108 cm³/mol. The summed E-state index contributed by atoms with van der Waals surface area (Å²) < 4.78 is 1.05. The molecule has 2 aromatic carbocycles. The number of carboxylic acid groups (broad SMARTS) is 1. The van der Waals surface area contributed by atoms with Gasteiger partial charge < -0.3 is 5.11 Å². The number of piperidine rings is 1. The number of aliphatic carboxylic acids is 1. The van der Waals surface area contributed by atoms with Gasteiger partial charge in [-0.3, -0.25) is 9.69 Å². The second-order valence-electron chi connectivity index (χ2n) is 7.45. The molecule has 0 spiro atoms. The summed E-state index contributed by atoms with van der Waals surface area (Å²) in [5.74, 6) is -0.467. The predicted octanol–water partition coefficient (Wildman–Crippen LogP) is 5.46. The van der Waals surface area contributed by atoms with Gasteiger partial charge in [0.1, 0.15) is 0 Å². The van der Waals surface area contributed by atoms with Crippen molar-refractivity contribution in [1.29, 1.82) is 0 Å². The fourth-order valence-electron chi connectivity index (χ4n) is 3.80. The molecule has 1 N–H and O–H groups in total. The first kappa shape index (κ1) is 19.1. The smallest absolute Gasteiger partial charge is 0.307 e. The number of benzene rings is 2. The van der Waals surface area contributed by atoms with E-state index in [0.717, 1.165) is 23.9 Å². The highest BCUT2D eigenvalue weighted by Gasteiger charge is 2.31. The van der Waals surface area contributed by atoms with Crippen LogP contribution in [0.5, 0.6) is 0 Å². The maximum Gasteiger partial charge on any atom is 0.307 e. The minimum Gasteiger partial charge on any atom is -0.481 e. The molecule has 2 aromatic rings. The van der Waals surface area contributed by atoms with E-state index in [9.17, 15) is 9.90 Å². The van der Waals surface area contributed by atoms with E-state index in [1.807, 2.05) is 12.1 Å². The molecule has 2 unspecified atom stereocenters. The molecule has 0 radical (unpaired) electrons. The number of rotatable bonds is 5.